The summed E-state index contributed by atoms with van der Waals surface area (Å²) in [6.45, 7) is 4.48. The van der Waals surface area contributed by atoms with E-state index in [1.165, 1.54) is 77.0 Å². The summed E-state index contributed by atoms with van der Waals surface area (Å²) in [5.41, 5.74) is 1.60. The summed E-state index contributed by atoms with van der Waals surface area (Å²) in [5.74, 6) is 0.135. The summed E-state index contributed by atoms with van der Waals surface area (Å²) in [6.07, 6.45) is 20.9. The predicted molar refractivity (Wildman–Crippen MR) is 135 cm³/mol. The van der Waals surface area contributed by atoms with Crippen molar-refractivity contribution in [3.8, 4) is 0 Å². The van der Waals surface area contributed by atoms with E-state index in [-0.39, 0.29) is 26.3 Å². The molecule has 1 rings (SSSR count). The number of anilines is 2. The van der Waals surface area contributed by atoms with E-state index in [2.05, 4.69) is 24.5 Å². The summed E-state index contributed by atoms with van der Waals surface area (Å²) in [6, 6.07) is 0. The predicted octanol–water partition coefficient (Wildman–Crippen LogP) is 7.68. The minimum absolute atomic E-state index is 0.0677. The average molecular weight is 498 g/mol. The van der Waals surface area contributed by atoms with Crippen LogP contribution in [0.4, 0.5) is 11.4 Å². The van der Waals surface area contributed by atoms with Gasteiger partial charge < -0.3 is 0 Å². The Morgan fingerprint density at radius 2 is 0.903 bits per heavy atom. The van der Waals surface area contributed by atoms with Crippen LogP contribution in [0.3, 0.4) is 0 Å². The molecule has 0 aromatic carbocycles. The molecule has 0 saturated heterocycles. The first-order valence-corrected chi connectivity index (χ1v) is 14.8. The van der Waals surface area contributed by atoms with Gasteiger partial charge >= 0.3 is 171 Å². The van der Waals surface area contributed by atoms with E-state index in [1.54, 1.807) is 0 Å². The third-order valence-corrected chi connectivity index (χ3v) is 7.28. The van der Waals surface area contributed by atoms with Crippen LogP contribution in [0.5, 0.6) is 0 Å². The zero-order chi connectivity index (χ0) is 22.6. The second-order valence-electron chi connectivity index (χ2n) is 8.75. The van der Waals surface area contributed by atoms with Crippen LogP contribution in [-0.4, -0.2) is 26.3 Å². The molecule has 0 radical (unpaired) electrons. The second-order valence-corrected chi connectivity index (χ2v) is 10.3. The smallest absolute Gasteiger partial charge is 0.0654 e. The van der Waals surface area contributed by atoms with Crippen LogP contribution in [0.25, 0.3) is 0 Å². The Bertz CT molecular complexity index is 537. The quantitative estimate of drug-likeness (QED) is 0.143. The van der Waals surface area contributed by atoms with E-state index < -0.39 is 0 Å². The Hall–Kier alpha value is -1.06. The monoisotopic (exact) mass is 498 g/mol. The van der Waals surface area contributed by atoms with Crippen molar-refractivity contribution in [1.82, 2.24) is 0 Å². The van der Waals surface area contributed by atoms with Gasteiger partial charge in [0.1, 0.15) is 0 Å². The van der Waals surface area contributed by atoms with Gasteiger partial charge in [-0.2, -0.15) is 0 Å². The molecule has 2 N–H and O–H groups in total. The number of unbranched alkanes of at least 4 members (excludes halogenated alkanes) is 14. The van der Waals surface area contributed by atoms with Gasteiger partial charge in [0.25, 0.3) is 0 Å². The van der Waals surface area contributed by atoms with Gasteiger partial charge in [0, 0.05) is 0 Å². The molecule has 0 atom stereocenters. The molecule has 0 unspecified atom stereocenters. The van der Waals surface area contributed by atoms with Crippen LogP contribution in [0.2, 0.25) is 0 Å². The topological polar surface area (TPSA) is 58.2 Å². The number of rotatable bonds is 20. The van der Waals surface area contributed by atoms with Gasteiger partial charge in [0.2, 0.25) is 0 Å². The zero-order valence-electron chi connectivity index (χ0n) is 20.1. The molecule has 5 heteroatoms. The second kappa shape index (κ2) is 19.6. The van der Waals surface area contributed by atoms with Crippen LogP contribution in [0.15, 0.2) is 9.88 Å². The first-order chi connectivity index (χ1) is 15.2. The maximum atomic E-state index is 12.3. The van der Waals surface area contributed by atoms with Crippen molar-refractivity contribution in [2.75, 3.05) is 10.6 Å². The van der Waals surface area contributed by atoms with E-state index in [1.807, 2.05) is 9.88 Å². The van der Waals surface area contributed by atoms with E-state index >= 15 is 0 Å². The van der Waals surface area contributed by atoms with Crippen LogP contribution in [-0.2, 0) is 9.59 Å². The molecule has 0 saturated carbocycles. The standard InChI is InChI=1S/C26H46N2O2Se/c1-3-5-7-9-11-13-15-17-19-25(29)27-23-21-31-22-24(23)28-26(30)20-18-16-14-12-10-8-6-4-2/h21-22H,3-20H2,1-2H3,(H,27,29)(H,28,30). The zero-order valence-corrected chi connectivity index (χ0v) is 21.8. The molecule has 31 heavy (non-hydrogen) atoms. The molecule has 0 aliphatic rings. The Kier molecular flexibility index (Phi) is 17.7. The number of amides is 2. The van der Waals surface area contributed by atoms with Crippen molar-refractivity contribution >= 4 is 37.7 Å². The fourth-order valence-corrected chi connectivity index (χ4v) is 5.25. The van der Waals surface area contributed by atoms with Crippen LogP contribution in [0.1, 0.15) is 129 Å². The minimum atomic E-state index is 0.0677. The molecule has 2 amide bonds. The third-order valence-electron chi connectivity index (χ3n) is 5.72. The molecule has 1 aromatic rings. The normalized spacial score (nSPS) is 10.9. The van der Waals surface area contributed by atoms with Gasteiger partial charge in [-0.25, -0.2) is 0 Å². The molecule has 0 aliphatic heterocycles. The fraction of sp³-hybridized carbons (Fsp3) is 0.769. The minimum Gasteiger partial charge on any atom is -0.0654 e. The average Bonchev–Trinajstić information content (AvgIpc) is 3.18. The molecule has 178 valence electrons. The fourth-order valence-electron chi connectivity index (χ4n) is 3.75. The van der Waals surface area contributed by atoms with Gasteiger partial charge in [-0.1, -0.05) is 26.7 Å². The first-order valence-electron chi connectivity index (χ1n) is 12.8. The van der Waals surface area contributed by atoms with Crippen LogP contribution >= 0.6 is 0 Å². The Balaban J connectivity index is 2.13. The van der Waals surface area contributed by atoms with Crippen molar-refractivity contribution in [2.24, 2.45) is 0 Å². The Labute approximate surface area is 197 Å². The molecule has 1 heterocycles. The van der Waals surface area contributed by atoms with Crippen molar-refractivity contribution in [3.05, 3.63) is 9.88 Å². The molecule has 0 spiro atoms. The summed E-state index contributed by atoms with van der Waals surface area (Å²) in [5, 5.41) is 6.02. The maximum absolute atomic E-state index is 12.3. The van der Waals surface area contributed by atoms with Gasteiger partial charge in [0.15, 0.2) is 0 Å². The van der Waals surface area contributed by atoms with Crippen LogP contribution < -0.4 is 10.6 Å². The molecule has 1 aromatic heterocycles. The summed E-state index contributed by atoms with van der Waals surface area (Å²) in [4.78, 5) is 28.6. The van der Waals surface area contributed by atoms with Gasteiger partial charge in [-0.05, 0) is 0 Å². The summed E-state index contributed by atoms with van der Waals surface area (Å²) < 4.78 is 0. The van der Waals surface area contributed by atoms with Crippen molar-refractivity contribution in [1.29, 1.82) is 0 Å². The third kappa shape index (κ3) is 15.4. The van der Waals surface area contributed by atoms with E-state index in [9.17, 15) is 9.59 Å². The molecular weight excluding hydrogens is 451 g/mol. The molecule has 0 aliphatic carbocycles. The van der Waals surface area contributed by atoms with E-state index in [0.29, 0.717) is 12.8 Å². The van der Waals surface area contributed by atoms with Gasteiger partial charge in [-0.15, -0.1) is 0 Å². The van der Waals surface area contributed by atoms with E-state index in [0.717, 1.165) is 37.1 Å². The summed E-state index contributed by atoms with van der Waals surface area (Å²) >= 11 is 0.211. The SMILES string of the molecule is CCCCCCCCCCC(=O)Nc1c[se]cc1NC(=O)CCCCCCCCCC. The van der Waals surface area contributed by atoms with Gasteiger partial charge in [-0.3, -0.25) is 0 Å². The first kappa shape index (κ1) is 28.0. The molecule has 4 nitrogen and oxygen atoms in total. The molecular formula is C26H46N2O2Se. The Morgan fingerprint density at radius 3 is 1.26 bits per heavy atom. The number of carbonyl (C=O) groups excluding carboxylic acids is 2. The molecule has 0 fully saturated rings. The number of carbonyl (C=O) groups is 2. The molecule has 0 bridgehead atoms. The van der Waals surface area contributed by atoms with Crippen molar-refractivity contribution in [3.63, 3.8) is 0 Å². The Morgan fingerprint density at radius 1 is 0.581 bits per heavy atom. The van der Waals surface area contributed by atoms with E-state index in [4.69, 9.17) is 0 Å². The van der Waals surface area contributed by atoms with Crippen molar-refractivity contribution in [2.45, 2.75) is 129 Å². The van der Waals surface area contributed by atoms with Gasteiger partial charge in [0.05, 0.1) is 0 Å². The summed E-state index contributed by atoms with van der Waals surface area (Å²) in [7, 11) is 0. The number of hydrogen-bond acceptors (Lipinski definition) is 2. The van der Waals surface area contributed by atoms with Crippen molar-refractivity contribution < 1.29 is 9.59 Å². The number of nitrogens with one attached hydrogen (secondary N) is 2. The van der Waals surface area contributed by atoms with Crippen LogP contribution in [0, 0.1) is 0 Å². The number of hydrogen-bond donors (Lipinski definition) is 2.